The molecule has 1 amide bonds. The van der Waals surface area contributed by atoms with Gasteiger partial charge in [0.1, 0.15) is 0 Å². The van der Waals surface area contributed by atoms with Crippen LogP contribution in [0.4, 0.5) is 0 Å². The molecule has 0 aromatic heterocycles. The molecule has 2 aliphatic heterocycles. The third kappa shape index (κ3) is 2.64. The predicted octanol–water partition coefficient (Wildman–Crippen LogP) is -0.661. The molecule has 0 spiro atoms. The number of rotatable bonds is 2. The Morgan fingerprint density at radius 1 is 1.33 bits per heavy atom. The highest BCUT2D eigenvalue weighted by Gasteiger charge is 2.38. The lowest BCUT2D eigenvalue weighted by atomic mass is 10.1. The van der Waals surface area contributed by atoms with Gasteiger partial charge >= 0.3 is 5.97 Å². The van der Waals surface area contributed by atoms with Crippen LogP contribution in [0.15, 0.2) is 0 Å². The first-order chi connectivity index (χ1) is 8.63. The van der Waals surface area contributed by atoms with E-state index < -0.39 is 12.0 Å². The van der Waals surface area contributed by atoms with Gasteiger partial charge in [0, 0.05) is 13.1 Å². The van der Waals surface area contributed by atoms with E-state index in [9.17, 15) is 9.59 Å². The number of carbonyl (C=O) groups is 2. The van der Waals surface area contributed by atoms with Crippen LogP contribution < -0.4 is 0 Å². The van der Waals surface area contributed by atoms with Crippen molar-refractivity contribution in [3.8, 4) is 0 Å². The Morgan fingerprint density at radius 2 is 2.11 bits per heavy atom. The largest absolute Gasteiger partial charge is 0.467 e. The first-order valence-electron chi connectivity index (χ1n) is 6.28. The second-order valence-corrected chi connectivity index (χ2v) is 4.89. The zero-order chi connectivity index (χ0) is 13.1. The van der Waals surface area contributed by atoms with Crippen molar-refractivity contribution in [1.82, 2.24) is 9.80 Å². The van der Waals surface area contributed by atoms with Gasteiger partial charge < -0.3 is 19.3 Å². The fourth-order valence-corrected chi connectivity index (χ4v) is 2.57. The monoisotopic (exact) mass is 256 g/mol. The van der Waals surface area contributed by atoms with Gasteiger partial charge in [-0.25, -0.2) is 4.79 Å². The van der Waals surface area contributed by atoms with Gasteiger partial charge in [-0.05, 0) is 20.0 Å². The quantitative estimate of drug-likeness (QED) is 0.614. The van der Waals surface area contributed by atoms with Gasteiger partial charge in [0.05, 0.1) is 26.2 Å². The van der Waals surface area contributed by atoms with E-state index in [1.165, 1.54) is 7.11 Å². The van der Waals surface area contributed by atoms with E-state index in [2.05, 4.69) is 4.90 Å². The fourth-order valence-electron chi connectivity index (χ4n) is 2.57. The van der Waals surface area contributed by atoms with E-state index in [-0.39, 0.29) is 18.4 Å². The molecular weight excluding hydrogens is 236 g/mol. The molecule has 0 aromatic rings. The molecule has 18 heavy (non-hydrogen) atoms. The number of esters is 1. The van der Waals surface area contributed by atoms with Gasteiger partial charge in [-0.2, -0.15) is 0 Å². The number of hydrogen-bond acceptors (Lipinski definition) is 5. The molecule has 0 aromatic carbocycles. The lowest BCUT2D eigenvalue weighted by molar-refractivity contribution is -0.162. The highest BCUT2D eigenvalue weighted by Crippen LogP contribution is 2.20. The minimum absolute atomic E-state index is 0.000237. The van der Waals surface area contributed by atoms with Gasteiger partial charge in [0.15, 0.2) is 6.04 Å². The molecule has 102 valence electrons. The summed E-state index contributed by atoms with van der Waals surface area (Å²) in [6.45, 7) is 2.90. The molecule has 2 fully saturated rings. The Hall–Kier alpha value is -1.14. The molecule has 0 aliphatic carbocycles. The average Bonchev–Trinajstić information content (AvgIpc) is 2.83. The smallest absolute Gasteiger partial charge is 0.331 e. The maximum Gasteiger partial charge on any atom is 0.331 e. The van der Waals surface area contributed by atoms with Crippen molar-refractivity contribution in [2.75, 3.05) is 47.0 Å². The summed E-state index contributed by atoms with van der Waals surface area (Å²) in [5, 5.41) is 0. The van der Waals surface area contributed by atoms with E-state index in [1.54, 1.807) is 4.90 Å². The molecule has 0 bridgehead atoms. The van der Waals surface area contributed by atoms with Crippen molar-refractivity contribution in [2.24, 2.45) is 5.92 Å². The number of amides is 1. The molecule has 2 saturated heterocycles. The van der Waals surface area contributed by atoms with Gasteiger partial charge in [-0.3, -0.25) is 4.79 Å². The highest BCUT2D eigenvalue weighted by atomic mass is 16.5. The van der Waals surface area contributed by atoms with E-state index >= 15 is 0 Å². The van der Waals surface area contributed by atoms with E-state index in [0.29, 0.717) is 13.2 Å². The number of nitrogens with zero attached hydrogens (tertiary/aromatic N) is 2. The number of hydrogen-bond donors (Lipinski definition) is 0. The van der Waals surface area contributed by atoms with Crippen molar-refractivity contribution < 1.29 is 19.1 Å². The third-order valence-electron chi connectivity index (χ3n) is 3.63. The van der Waals surface area contributed by atoms with Crippen LogP contribution in [0, 0.1) is 5.92 Å². The Morgan fingerprint density at radius 3 is 2.72 bits per heavy atom. The number of methoxy groups -OCH3 is 1. The van der Waals surface area contributed by atoms with Crippen LogP contribution in [0.1, 0.15) is 6.42 Å². The molecule has 2 unspecified atom stereocenters. The van der Waals surface area contributed by atoms with E-state index in [1.807, 2.05) is 7.05 Å². The number of ether oxygens (including phenoxy) is 2. The van der Waals surface area contributed by atoms with Crippen molar-refractivity contribution in [1.29, 1.82) is 0 Å². The molecular formula is C12H20N2O4. The zero-order valence-electron chi connectivity index (χ0n) is 10.9. The van der Waals surface area contributed by atoms with Gasteiger partial charge in [-0.1, -0.05) is 0 Å². The summed E-state index contributed by atoms with van der Waals surface area (Å²) in [6.07, 6.45) is 0.862. The van der Waals surface area contributed by atoms with Crippen LogP contribution >= 0.6 is 0 Å². The van der Waals surface area contributed by atoms with Crippen LogP contribution in [0.3, 0.4) is 0 Å². The SMILES string of the molecule is COC(=O)C1COCCN1C(=O)C1CCN(C)C1. The maximum absolute atomic E-state index is 12.4. The molecule has 0 radical (unpaired) electrons. The Balaban J connectivity index is 2.04. The van der Waals surface area contributed by atoms with Gasteiger partial charge in [0.2, 0.25) is 5.91 Å². The predicted molar refractivity (Wildman–Crippen MR) is 63.9 cm³/mol. The molecule has 0 saturated carbocycles. The summed E-state index contributed by atoms with van der Waals surface area (Å²) in [5.74, 6) is -0.340. The Labute approximate surface area is 107 Å². The summed E-state index contributed by atoms with van der Waals surface area (Å²) in [4.78, 5) is 27.8. The second kappa shape index (κ2) is 5.67. The van der Waals surface area contributed by atoms with Crippen LogP contribution in [0.2, 0.25) is 0 Å². The molecule has 2 atom stereocenters. The van der Waals surface area contributed by atoms with Crippen molar-refractivity contribution >= 4 is 11.9 Å². The van der Waals surface area contributed by atoms with Crippen LogP contribution in [0.25, 0.3) is 0 Å². The number of likely N-dealkylation sites (tertiary alicyclic amines) is 1. The van der Waals surface area contributed by atoms with Crippen molar-refractivity contribution in [2.45, 2.75) is 12.5 Å². The lowest BCUT2D eigenvalue weighted by Gasteiger charge is -2.35. The topological polar surface area (TPSA) is 59.1 Å². The van der Waals surface area contributed by atoms with Crippen LogP contribution in [-0.4, -0.2) is 74.7 Å². The van der Waals surface area contributed by atoms with Crippen molar-refractivity contribution in [3.05, 3.63) is 0 Å². The van der Waals surface area contributed by atoms with E-state index in [4.69, 9.17) is 9.47 Å². The first kappa shape index (κ1) is 13.3. The molecule has 0 N–H and O–H groups in total. The summed E-state index contributed by atoms with van der Waals surface area (Å²) in [5.41, 5.74) is 0. The van der Waals surface area contributed by atoms with Crippen LogP contribution in [0.5, 0.6) is 0 Å². The minimum Gasteiger partial charge on any atom is -0.467 e. The lowest BCUT2D eigenvalue weighted by Crippen LogP contribution is -2.54. The highest BCUT2D eigenvalue weighted by molar-refractivity contribution is 5.86. The average molecular weight is 256 g/mol. The molecule has 6 nitrogen and oxygen atoms in total. The third-order valence-corrected chi connectivity index (χ3v) is 3.63. The normalized spacial score (nSPS) is 29.3. The van der Waals surface area contributed by atoms with Gasteiger partial charge in [-0.15, -0.1) is 0 Å². The first-order valence-corrected chi connectivity index (χ1v) is 6.28. The molecule has 6 heteroatoms. The maximum atomic E-state index is 12.4. The Kier molecular flexibility index (Phi) is 4.19. The standard InChI is InChI=1S/C12H20N2O4/c1-13-4-3-9(7-13)11(15)14-5-6-18-8-10(14)12(16)17-2/h9-10H,3-8H2,1-2H3. The van der Waals surface area contributed by atoms with Crippen LogP contribution in [-0.2, 0) is 19.1 Å². The zero-order valence-corrected chi connectivity index (χ0v) is 10.9. The molecule has 2 heterocycles. The second-order valence-electron chi connectivity index (χ2n) is 4.89. The summed E-state index contributed by atoms with van der Waals surface area (Å²) >= 11 is 0. The van der Waals surface area contributed by atoms with Gasteiger partial charge in [0.25, 0.3) is 0 Å². The number of morpholine rings is 1. The summed E-state index contributed by atoms with van der Waals surface area (Å²) in [7, 11) is 3.34. The molecule has 2 aliphatic rings. The summed E-state index contributed by atoms with van der Waals surface area (Å²) < 4.78 is 9.99. The Bertz CT molecular complexity index is 334. The number of carbonyl (C=O) groups excluding carboxylic acids is 2. The van der Waals surface area contributed by atoms with E-state index in [0.717, 1.165) is 19.5 Å². The molecule has 2 rings (SSSR count). The minimum atomic E-state index is -0.581. The summed E-state index contributed by atoms with van der Waals surface area (Å²) in [6, 6.07) is -0.581. The fraction of sp³-hybridized carbons (Fsp3) is 0.833. The van der Waals surface area contributed by atoms with Crippen molar-refractivity contribution in [3.63, 3.8) is 0 Å².